The van der Waals surface area contributed by atoms with Crippen LogP contribution in [0.4, 0.5) is 0 Å². The molecule has 1 aromatic rings. The molecule has 3 rings (SSSR count). The van der Waals surface area contributed by atoms with E-state index in [4.69, 9.17) is 10.5 Å². The monoisotopic (exact) mass is 263 g/mol. The van der Waals surface area contributed by atoms with Gasteiger partial charge in [0.25, 0.3) is 11.5 Å². The molecule has 1 amide bonds. The van der Waals surface area contributed by atoms with Crippen molar-refractivity contribution in [1.29, 1.82) is 0 Å². The molecule has 3 N–H and O–H groups in total. The van der Waals surface area contributed by atoms with Gasteiger partial charge in [-0.05, 0) is 18.8 Å². The second kappa shape index (κ2) is 4.09. The van der Waals surface area contributed by atoms with Crippen LogP contribution in [0.1, 0.15) is 23.2 Å². The molecule has 2 fully saturated rings. The highest BCUT2D eigenvalue weighted by molar-refractivity contribution is 5.96. The Morgan fingerprint density at radius 3 is 2.95 bits per heavy atom. The molecule has 2 aliphatic rings. The van der Waals surface area contributed by atoms with E-state index in [-0.39, 0.29) is 17.0 Å². The van der Waals surface area contributed by atoms with Crippen molar-refractivity contribution in [1.82, 2.24) is 9.88 Å². The number of nitrogens with two attached hydrogens (primary N) is 1. The van der Waals surface area contributed by atoms with Crippen molar-refractivity contribution in [2.75, 3.05) is 20.2 Å². The number of rotatable bonds is 2. The summed E-state index contributed by atoms with van der Waals surface area (Å²) in [5.41, 5.74) is 6.12. The number of nitrogens with zero attached hydrogens (tertiary/aromatic N) is 1. The van der Waals surface area contributed by atoms with Crippen LogP contribution in [-0.4, -0.2) is 41.5 Å². The van der Waals surface area contributed by atoms with E-state index in [9.17, 15) is 9.59 Å². The van der Waals surface area contributed by atoms with E-state index in [2.05, 4.69) is 4.98 Å². The SMILES string of the molecule is COc1cc(=O)[nH]cc1C(=O)N1C[C@@H]2CC[C@]2(N)C1. The molecule has 2 atom stereocenters. The van der Waals surface area contributed by atoms with E-state index in [1.54, 1.807) is 4.90 Å². The van der Waals surface area contributed by atoms with E-state index in [1.807, 2.05) is 0 Å². The minimum atomic E-state index is -0.287. The Kier molecular flexibility index (Phi) is 2.63. The summed E-state index contributed by atoms with van der Waals surface area (Å²) in [6.45, 7) is 1.27. The highest BCUT2D eigenvalue weighted by Crippen LogP contribution is 2.42. The molecule has 1 aromatic heterocycles. The topological polar surface area (TPSA) is 88.4 Å². The predicted octanol–water partition coefficient (Wildman–Crippen LogP) is -0.0532. The first-order chi connectivity index (χ1) is 9.03. The highest BCUT2D eigenvalue weighted by Gasteiger charge is 2.51. The molecule has 1 saturated carbocycles. The Balaban J connectivity index is 1.87. The van der Waals surface area contributed by atoms with Crippen LogP contribution in [0.25, 0.3) is 0 Å². The number of nitrogens with one attached hydrogen (secondary N) is 1. The lowest BCUT2D eigenvalue weighted by atomic mass is 9.70. The van der Waals surface area contributed by atoms with Crippen LogP contribution in [0, 0.1) is 5.92 Å². The van der Waals surface area contributed by atoms with E-state index in [1.165, 1.54) is 19.4 Å². The Morgan fingerprint density at radius 1 is 1.63 bits per heavy atom. The van der Waals surface area contributed by atoms with Gasteiger partial charge in [-0.25, -0.2) is 0 Å². The number of amides is 1. The maximum Gasteiger partial charge on any atom is 0.259 e. The number of H-pyrrole nitrogens is 1. The van der Waals surface area contributed by atoms with Crippen LogP contribution in [0.15, 0.2) is 17.1 Å². The molecule has 0 bridgehead atoms. The fourth-order valence-corrected chi connectivity index (χ4v) is 3.00. The van der Waals surface area contributed by atoms with Crippen LogP contribution < -0.4 is 16.0 Å². The van der Waals surface area contributed by atoms with Crippen molar-refractivity contribution in [2.45, 2.75) is 18.4 Å². The van der Waals surface area contributed by atoms with Crippen LogP contribution >= 0.6 is 0 Å². The Bertz CT molecular complexity index is 583. The minimum absolute atomic E-state index is 0.132. The van der Waals surface area contributed by atoms with Gasteiger partial charge in [0.15, 0.2) is 0 Å². The number of fused-ring (bicyclic) bond motifs is 1. The lowest BCUT2D eigenvalue weighted by Crippen LogP contribution is -2.54. The number of aromatic amines is 1. The largest absolute Gasteiger partial charge is 0.496 e. The number of likely N-dealkylation sites (tertiary alicyclic amines) is 1. The zero-order valence-electron chi connectivity index (χ0n) is 10.8. The molecule has 6 nitrogen and oxygen atoms in total. The third-order valence-electron chi connectivity index (χ3n) is 4.32. The molecular weight excluding hydrogens is 246 g/mol. The lowest BCUT2D eigenvalue weighted by Gasteiger charge is -2.39. The van der Waals surface area contributed by atoms with Gasteiger partial charge in [0.1, 0.15) is 5.75 Å². The zero-order valence-corrected chi connectivity index (χ0v) is 10.8. The maximum absolute atomic E-state index is 12.5. The first-order valence-electron chi connectivity index (χ1n) is 6.38. The van der Waals surface area contributed by atoms with Crippen molar-refractivity contribution in [3.63, 3.8) is 0 Å². The van der Waals surface area contributed by atoms with Crippen molar-refractivity contribution < 1.29 is 9.53 Å². The average Bonchev–Trinajstić information content (AvgIpc) is 2.62. The molecule has 19 heavy (non-hydrogen) atoms. The van der Waals surface area contributed by atoms with Gasteiger partial charge >= 0.3 is 0 Å². The van der Waals surface area contributed by atoms with Gasteiger partial charge < -0.3 is 20.4 Å². The quantitative estimate of drug-likeness (QED) is 0.783. The molecule has 0 unspecified atom stereocenters. The molecule has 0 radical (unpaired) electrons. The third kappa shape index (κ3) is 1.83. The lowest BCUT2D eigenvalue weighted by molar-refractivity contribution is 0.0781. The molecule has 102 valence electrons. The van der Waals surface area contributed by atoms with E-state index >= 15 is 0 Å². The predicted molar refractivity (Wildman–Crippen MR) is 69.2 cm³/mol. The van der Waals surface area contributed by atoms with Gasteiger partial charge in [0.05, 0.1) is 12.7 Å². The normalized spacial score (nSPS) is 28.7. The van der Waals surface area contributed by atoms with Crippen LogP contribution in [0.3, 0.4) is 0 Å². The number of hydrogen-bond donors (Lipinski definition) is 2. The summed E-state index contributed by atoms with van der Waals surface area (Å²) in [6.07, 6.45) is 3.47. The highest BCUT2D eigenvalue weighted by atomic mass is 16.5. The summed E-state index contributed by atoms with van der Waals surface area (Å²) in [5.74, 6) is 0.580. The van der Waals surface area contributed by atoms with Crippen LogP contribution in [0.2, 0.25) is 0 Å². The van der Waals surface area contributed by atoms with Crippen molar-refractivity contribution in [3.05, 3.63) is 28.2 Å². The first kappa shape index (κ1) is 12.2. The third-order valence-corrected chi connectivity index (χ3v) is 4.32. The van der Waals surface area contributed by atoms with Gasteiger partial charge in [0, 0.05) is 30.9 Å². The summed E-state index contributed by atoms with van der Waals surface area (Å²) in [6, 6.07) is 1.29. The number of ether oxygens (including phenoxy) is 1. The second-order valence-corrected chi connectivity index (χ2v) is 5.43. The van der Waals surface area contributed by atoms with E-state index < -0.39 is 0 Å². The molecule has 2 heterocycles. The fraction of sp³-hybridized carbons (Fsp3) is 0.538. The minimum Gasteiger partial charge on any atom is -0.496 e. The second-order valence-electron chi connectivity index (χ2n) is 5.43. The number of methoxy groups -OCH3 is 1. The molecule has 0 aromatic carbocycles. The number of carbonyl (C=O) groups is 1. The zero-order chi connectivity index (χ0) is 13.6. The molecular formula is C13H17N3O3. The summed E-state index contributed by atoms with van der Waals surface area (Å²) in [7, 11) is 1.45. The standard InChI is InChI=1S/C13H17N3O3/c1-19-10-4-11(17)15-5-9(10)12(18)16-6-8-2-3-13(8,14)7-16/h4-5,8H,2-3,6-7,14H2,1H3,(H,15,17)/t8-,13-/m0/s1. The fourth-order valence-electron chi connectivity index (χ4n) is 3.00. The summed E-state index contributed by atoms with van der Waals surface area (Å²) >= 11 is 0. The van der Waals surface area contributed by atoms with Gasteiger partial charge in [-0.1, -0.05) is 0 Å². The molecule has 6 heteroatoms. The average molecular weight is 263 g/mol. The molecule has 1 saturated heterocycles. The maximum atomic E-state index is 12.5. The van der Waals surface area contributed by atoms with Crippen LogP contribution in [0.5, 0.6) is 5.75 Å². The van der Waals surface area contributed by atoms with Gasteiger partial charge in [-0.15, -0.1) is 0 Å². The number of pyridine rings is 1. The number of hydrogen-bond acceptors (Lipinski definition) is 4. The van der Waals surface area contributed by atoms with Crippen molar-refractivity contribution in [3.8, 4) is 5.75 Å². The molecule has 1 aliphatic heterocycles. The Labute approximate surface area is 110 Å². The Hall–Kier alpha value is -1.82. The summed E-state index contributed by atoms with van der Waals surface area (Å²) in [4.78, 5) is 28.0. The van der Waals surface area contributed by atoms with Crippen LogP contribution in [-0.2, 0) is 0 Å². The van der Waals surface area contributed by atoms with E-state index in [0.717, 1.165) is 12.8 Å². The smallest absolute Gasteiger partial charge is 0.259 e. The summed E-state index contributed by atoms with van der Waals surface area (Å²) in [5, 5.41) is 0. The van der Waals surface area contributed by atoms with Crippen molar-refractivity contribution >= 4 is 5.91 Å². The van der Waals surface area contributed by atoms with Crippen molar-refractivity contribution in [2.24, 2.45) is 11.7 Å². The van der Waals surface area contributed by atoms with Gasteiger partial charge in [0.2, 0.25) is 0 Å². The number of aromatic nitrogens is 1. The van der Waals surface area contributed by atoms with Gasteiger partial charge in [-0.3, -0.25) is 9.59 Å². The first-order valence-corrected chi connectivity index (χ1v) is 6.38. The van der Waals surface area contributed by atoms with E-state index in [0.29, 0.717) is 30.3 Å². The molecule has 1 aliphatic carbocycles. The Morgan fingerprint density at radius 2 is 2.42 bits per heavy atom. The summed E-state index contributed by atoms with van der Waals surface area (Å²) < 4.78 is 5.10. The van der Waals surface area contributed by atoms with Gasteiger partial charge in [-0.2, -0.15) is 0 Å². The number of carbonyl (C=O) groups excluding carboxylic acids is 1. The molecule has 0 spiro atoms.